The molecule has 0 bridgehead atoms. The van der Waals surface area contributed by atoms with Crippen LogP contribution in [0.5, 0.6) is 11.5 Å². The summed E-state index contributed by atoms with van der Waals surface area (Å²) in [5.74, 6) is -5.70. The van der Waals surface area contributed by atoms with E-state index in [-0.39, 0.29) is 42.1 Å². The van der Waals surface area contributed by atoms with E-state index < -0.39 is 64.2 Å². The number of carbonyl (C=O) groups is 4. The van der Waals surface area contributed by atoms with Crippen molar-refractivity contribution in [1.82, 2.24) is 4.90 Å². The van der Waals surface area contributed by atoms with Gasteiger partial charge in [-0.3, -0.25) is 29.0 Å². The minimum Gasteiger partial charge on any atom is -0.504 e. The zero-order chi connectivity index (χ0) is 30.3. The highest BCUT2D eigenvalue weighted by Crippen LogP contribution is 2.65. The van der Waals surface area contributed by atoms with E-state index >= 15 is 0 Å². The number of phenols is 1. The SMILES string of the molecule is CCOc1cc(C2C3=CCC4C(=O)N(c5cccc(B(O)O)c5)C(=O)C4C3CC3(Cl)C(=O)N(C)C(=O)C23Cl)ccc1O. The van der Waals surface area contributed by atoms with E-state index in [9.17, 15) is 34.3 Å². The van der Waals surface area contributed by atoms with Crippen LogP contribution in [0.25, 0.3) is 0 Å². The zero-order valence-corrected chi connectivity index (χ0v) is 24.2. The van der Waals surface area contributed by atoms with Gasteiger partial charge < -0.3 is 19.9 Å². The Bertz CT molecular complexity index is 1580. The number of amides is 4. The smallest absolute Gasteiger partial charge is 0.488 e. The number of ether oxygens (including phenoxy) is 1. The van der Waals surface area contributed by atoms with Crippen molar-refractivity contribution in [2.75, 3.05) is 18.6 Å². The number of imide groups is 2. The van der Waals surface area contributed by atoms with Crippen molar-refractivity contribution < 1.29 is 39.1 Å². The first-order valence-corrected chi connectivity index (χ1v) is 14.3. The van der Waals surface area contributed by atoms with Crippen molar-refractivity contribution in [2.24, 2.45) is 17.8 Å². The fourth-order valence-corrected chi connectivity index (χ4v) is 8.20. The average Bonchev–Trinajstić information content (AvgIpc) is 3.29. The first-order chi connectivity index (χ1) is 19.9. The number of fused-ring (bicyclic) bond motifs is 4. The summed E-state index contributed by atoms with van der Waals surface area (Å²) in [4.78, 5) is 53.1. The van der Waals surface area contributed by atoms with Crippen LogP contribution in [0.1, 0.15) is 31.2 Å². The quantitative estimate of drug-likeness (QED) is 0.200. The molecule has 4 amide bonds. The molecule has 3 fully saturated rings. The van der Waals surface area contributed by atoms with Crippen LogP contribution >= 0.6 is 23.2 Å². The molecule has 3 N–H and O–H groups in total. The zero-order valence-electron chi connectivity index (χ0n) is 22.7. The minimum atomic E-state index is -1.95. The van der Waals surface area contributed by atoms with Gasteiger partial charge in [-0.25, -0.2) is 0 Å². The first-order valence-electron chi connectivity index (χ1n) is 13.6. The van der Waals surface area contributed by atoms with Gasteiger partial charge in [0, 0.05) is 13.0 Å². The molecule has 2 aromatic rings. The number of halogens is 2. The van der Waals surface area contributed by atoms with Crippen LogP contribution in [-0.2, 0) is 19.2 Å². The van der Waals surface area contributed by atoms with Gasteiger partial charge in [-0.05, 0) is 61.0 Å². The van der Waals surface area contributed by atoms with Gasteiger partial charge in [0.1, 0.15) is 0 Å². The second kappa shape index (κ2) is 9.84. The molecule has 1 saturated carbocycles. The Hall–Kier alpha value is -3.38. The molecule has 42 heavy (non-hydrogen) atoms. The third-order valence-corrected chi connectivity index (χ3v) is 10.5. The number of likely N-dealkylation sites (tertiary alicyclic amines) is 1. The second-order valence-corrected chi connectivity index (χ2v) is 12.4. The van der Waals surface area contributed by atoms with Gasteiger partial charge >= 0.3 is 7.12 Å². The van der Waals surface area contributed by atoms with Crippen molar-refractivity contribution in [3.63, 3.8) is 0 Å². The maximum atomic E-state index is 14.1. The summed E-state index contributed by atoms with van der Waals surface area (Å²) in [5, 5.41) is 29.7. The highest BCUT2D eigenvalue weighted by Gasteiger charge is 2.75. The molecular weight excluding hydrogens is 586 g/mol. The standard InChI is InChI=1S/C29H27BCl2N2O8/c1-3-42-21-11-14(7-10-20(21)35)23-17-8-9-18-22(19(17)13-28(31)26(38)33(2)27(39)29(23,28)32)25(37)34(24(18)36)16-6-4-5-15(12-16)30(40)41/h4-8,10-12,18-19,22-23,35,40-41H,3,9,13H2,1-2H3. The Labute approximate surface area is 251 Å². The van der Waals surface area contributed by atoms with Gasteiger partial charge in [0.2, 0.25) is 11.8 Å². The summed E-state index contributed by atoms with van der Waals surface area (Å²) in [7, 11) is -0.485. The van der Waals surface area contributed by atoms with Crippen LogP contribution in [0, 0.1) is 17.8 Å². The Balaban J connectivity index is 1.50. The number of carbonyl (C=O) groups excluding carboxylic acids is 4. The van der Waals surface area contributed by atoms with E-state index in [1.54, 1.807) is 19.1 Å². The molecule has 13 heteroatoms. The van der Waals surface area contributed by atoms with E-state index in [0.29, 0.717) is 11.1 Å². The first kappa shape index (κ1) is 28.7. The van der Waals surface area contributed by atoms with Gasteiger partial charge in [-0.1, -0.05) is 29.8 Å². The number of hydrogen-bond donors (Lipinski definition) is 3. The molecule has 0 spiro atoms. The summed E-state index contributed by atoms with van der Waals surface area (Å²) in [5.41, 5.74) is 1.37. The fourth-order valence-electron chi connectivity index (χ4n) is 7.18. The van der Waals surface area contributed by atoms with Crippen molar-refractivity contribution in [3.8, 4) is 11.5 Å². The number of aromatic hydroxyl groups is 1. The number of benzene rings is 2. The molecule has 6 atom stereocenters. The van der Waals surface area contributed by atoms with Crippen molar-refractivity contribution >= 4 is 65.1 Å². The molecule has 2 aliphatic heterocycles. The summed E-state index contributed by atoms with van der Waals surface area (Å²) in [6.45, 7) is 2.00. The van der Waals surface area contributed by atoms with E-state index in [1.165, 1.54) is 37.4 Å². The average molecular weight is 613 g/mol. The molecule has 6 rings (SSSR count). The molecule has 218 valence electrons. The van der Waals surface area contributed by atoms with Gasteiger partial charge in [0.15, 0.2) is 21.2 Å². The molecule has 2 saturated heterocycles. The molecule has 4 aliphatic rings. The third-order valence-electron chi connectivity index (χ3n) is 9.06. The van der Waals surface area contributed by atoms with E-state index in [2.05, 4.69) is 0 Å². The molecule has 0 aromatic heterocycles. The topological polar surface area (TPSA) is 145 Å². The highest BCUT2D eigenvalue weighted by molar-refractivity contribution is 6.58. The predicted octanol–water partition coefficient (Wildman–Crippen LogP) is 1.66. The maximum Gasteiger partial charge on any atom is 0.488 e. The Morgan fingerprint density at radius 1 is 1.02 bits per heavy atom. The number of nitrogens with zero attached hydrogens (tertiary/aromatic N) is 2. The van der Waals surface area contributed by atoms with Gasteiger partial charge in [-0.2, -0.15) is 0 Å². The largest absolute Gasteiger partial charge is 0.504 e. The van der Waals surface area contributed by atoms with Crippen molar-refractivity contribution in [1.29, 1.82) is 0 Å². The van der Waals surface area contributed by atoms with Crippen LogP contribution in [0.15, 0.2) is 54.1 Å². The third kappa shape index (κ3) is 3.73. The van der Waals surface area contributed by atoms with Crippen LogP contribution in [0.4, 0.5) is 5.69 Å². The number of phenolic OH excluding ortho intramolecular Hbond substituents is 1. The summed E-state index contributed by atoms with van der Waals surface area (Å²) >= 11 is 14.3. The summed E-state index contributed by atoms with van der Waals surface area (Å²) in [6.07, 6.45) is 1.82. The summed E-state index contributed by atoms with van der Waals surface area (Å²) in [6, 6.07) is 10.4. The lowest BCUT2D eigenvalue weighted by atomic mass is 9.56. The van der Waals surface area contributed by atoms with Crippen LogP contribution < -0.4 is 15.1 Å². The Morgan fingerprint density at radius 3 is 2.45 bits per heavy atom. The van der Waals surface area contributed by atoms with Crippen LogP contribution in [0.2, 0.25) is 0 Å². The van der Waals surface area contributed by atoms with Gasteiger partial charge in [0.05, 0.1) is 24.1 Å². The van der Waals surface area contributed by atoms with Crippen molar-refractivity contribution in [3.05, 3.63) is 59.7 Å². The van der Waals surface area contributed by atoms with E-state index in [4.69, 9.17) is 27.9 Å². The number of rotatable bonds is 5. The normalized spacial score (nSPS) is 32.0. The van der Waals surface area contributed by atoms with Crippen molar-refractivity contribution in [2.45, 2.75) is 35.4 Å². The lowest BCUT2D eigenvalue weighted by Crippen LogP contribution is -2.60. The number of allylic oxidation sites excluding steroid dienone is 2. The summed E-state index contributed by atoms with van der Waals surface area (Å²) < 4.78 is 5.58. The number of anilines is 1. The van der Waals surface area contributed by atoms with E-state index in [1.807, 2.05) is 6.08 Å². The highest BCUT2D eigenvalue weighted by atomic mass is 35.5. The molecule has 2 aliphatic carbocycles. The number of hydrogen-bond acceptors (Lipinski definition) is 8. The predicted molar refractivity (Wildman–Crippen MR) is 154 cm³/mol. The Morgan fingerprint density at radius 2 is 1.76 bits per heavy atom. The lowest BCUT2D eigenvalue weighted by molar-refractivity contribution is -0.138. The minimum absolute atomic E-state index is 0.113. The van der Waals surface area contributed by atoms with Crippen LogP contribution in [-0.4, -0.2) is 74.2 Å². The van der Waals surface area contributed by atoms with Gasteiger partial charge in [-0.15, -0.1) is 23.2 Å². The Kier molecular flexibility index (Phi) is 6.73. The molecular formula is C29H27BCl2N2O8. The van der Waals surface area contributed by atoms with Crippen LogP contribution in [0.3, 0.4) is 0 Å². The second-order valence-electron chi connectivity index (χ2n) is 11.1. The lowest BCUT2D eigenvalue weighted by Gasteiger charge is -2.50. The molecule has 0 radical (unpaired) electrons. The van der Waals surface area contributed by atoms with E-state index in [0.717, 1.165) is 9.80 Å². The number of alkyl halides is 2. The van der Waals surface area contributed by atoms with Gasteiger partial charge in [0.25, 0.3) is 11.8 Å². The molecule has 6 unspecified atom stereocenters. The monoisotopic (exact) mass is 612 g/mol. The molecule has 2 heterocycles. The fraction of sp³-hybridized carbons (Fsp3) is 0.379. The molecule has 10 nitrogen and oxygen atoms in total. The molecule has 2 aromatic carbocycles. The maximum absolute atomic E-state index is 14.1.